The number of amides is 3. The molecule has 0 radical (unpaired) electrons. The van der Waals surface area contributed by atoms with Crippen molar-refractivity contribution < 1.29 is 9.59 Å². The van der Waals surface area contributed by atoms with Crippen molar-refractivity contribution in [3.05, 3.63) is 29.8 Å². The molecule has 3 amide bonds. The second-order valence-corrected chi connectivity index (χ2v) is 5.46. The van der Waals surface area contributed by atoms with E-state index < -0.39 is 0 Å². The molecule has 1 aromatic carbocycles. The third-order valence-corrected chi connectivity index (χ3v) is 3.71. The number of hydrogen-bond acceptors (Lipinski definition) is 3. The van der Waals surface area contributed by atoms with Crippen LogP contribution in [0.5, 0.6) is 0 Å². The van der Waals surface area contributed by atoms with Gasteiger partial charge in [0.25, 0.3) is 0 Å². The van der Waals surface area contributed by atoms with Crippen molar-refractivity contribution in [1.82, 2.24) is 4.90 Å². The molecule has 0 bridgehead atoms. The van der Waals surface area contributed by atoms with E-state index in [1.807, 2.05) is 24.3 Å². The number of carbonyl (C=O) groups is 2. The van der Waals surface area contributed by atoms with Gasteiger partial charge in [-0.25, -0.2) is 4.79 Å². The summed E-state index contributed by atoms with van der Waals surface area (Å²) in [6.45, 7) is 4.24. The largest absolute Gasteiger partial charge is 0.329 e. The molecule has 1 saturated heterocycles. The molecule has 4 nitrogen and oxygen atoms in total. The normalized spacial score (nSPS) is 15.3. The fraction of sp³-hybridized carbons (Fsp3) is 0.385. The van der Waals surface area contributed by atoms with Crippen molar-refractivity contribution >= 4 is 29.4 Å². The Morgan fingerprint density at radius 3 is 2.50 bits per heavy atom. The first-order valence-electron chi connectivity index (χ1n) is 5.87. The molecule has 1 aliphatic heterocycles. The van der Waals surface area contributed by atoms with Gasteiger partial charge in [0.1, 0.15) is 0 Å². The van der Waals surface area contributed by atoms with E-state index in [0.717, 1.165) is 0 Å². The first kappa shape index (κ1) is 13.0. The van der Waals surface area contributed by atoms with Crippen molar-refractivity contribution in [2.75, 3.05) is 16.9 Å². The molecular formula is C13H16N2O2S. The maximum atomic E-state index is 11.8. The first-order valence-corrected chi connectivity index (χ1v) is 7.02. The second kappa shape index (κ2) is 5.44. The lowest BCUT2D eigenvalue weighted by Gasteiger charge is -2.14. The number of hydrogen-bond donors (Lipinski definition) is 1. The summed E-state index contributed by atoms with van der Waals surface area (Å²) >= 11 is 1.45. The summed E-state index contributed by atoms with van der Waals surface area (Å²) in [7, 11) is 0. The topological polar surface area (TPSA) is 49.4 Å². The van der Waals surface area contributed by atoms with Gasteiger partial charge in [-0.3, -0.25) is 9.69 Å². The van der Waals surface area contributed by atoms with Crippen molar-refractivity contribution in [3.63, 3.8) is 0 Å². The minimum absolute atomic E-state index is 0.128. The minimum Gasteiger partial charge on any atom is -0.307 e. The maximum absolute atomic E-state index is 11.8. The van der Waals surface area contributed by atoms with E-state index in [2.05, 4.69) is 19.2 Å². The molecular weight excluding hydrogens is 248 g/mol. The zero-order valence-corrected chi connectivity index (χ0v) is 11.3. The van der Waals surface area contributed by atoms with Crippen LogP contribution in [-0.2, 0) is 4.79 Å². The molecule has 18 heavy (non-hydrogen) atoms. The van der Waals surface area contributed by atoms with Gasteiger partial charge in [0, 0.05) is 5.69 Å². The third kappa shape index (κ3) is 2.85. The molecule has 0 atom stereocenters. The molecule has 1 aliphatic rings. The Balaban J connectivity index is 2.01. The number of urea groups is 1. The Kier molecular flexibility index (Phi) is 3.91. The van der Waals surface area contributed by atoms with Crippen LogP contribution in [0, 0.1) is 0 Å². The molecule has 2 rings (SSSR count). The fourth-order valence-corrected chi connectivity index (χ4v) is 2.55. The van der Waals surface area contributed by atoms with Crippen molar-refractivity contribution in [2.45, 2.75) is 19.8 Å². The molecule has 0 aliphatic carbocycles. The standard InChI is InChI=1S/C13H16N2O2S/c1-9(2)10-3-5-11(6-4-10)14-13(17)15-8-18-7-12(15)16/h3-6,9H,7-8H2,1-2H3,(H,14,17). The van der Waals surface area contributed by atoms with Crippen LogP contribution in [0.15, 0.2) is 24.3 Å². The molecule has 1 fully saturated rings. The van der Waals surface area contributed by atoms with Gasteiger partial charge in [-0.05, 0) is 23.6 Å². The Morgan fingerprint density at radius 2 is 2.00 bits per heavy atom. The summed E-state index contributed by atoms with van der Waals surface area (Å²) in [4.78, 5) is 24.5. The van der Waals surface area contributed by atoms with E-state index in [9.17, 15) is 9.59 Å². The number of carbonyl (C=O) groups excluding carboxylic acids is 2. The van der Waals surface area contributed by atoms with Gasteiger partial charge in [0.2, 0.25) is 5.91 Å². The van der Waals surface area contributed by atoms with E-state index >= 15 is 0 Å². The van der Waals surface area contributed by atoms with E-state index in [4.69, 9.17) is 0 Å². The Labute approximate surface area is 111 Å². The number of nitrogens with one attached hydrogen (secondary N) is 1. The Morgan fingerprint density at radius 1 is 1.33 bits per heavy atom. The van der Waals surface area contributed by atoms with Gasteiger partial charge in [-0.1, -0.05) is 26.0 Å². The van der Waals surface area contributed by atoms with Crippen LogP contribution in [-0.4, -0.2) is 28.5 Å². The third-order valence-electron chi connectivity index (χ3n) is 2.82. The lowest BCUT2D eigenvalue weighted by molar-refractivity contribution is -0.123. The monoisotopic (exact) mass is 264 g/mol. The van der Waals surface area contributed by atoms with E-state index in [0.29, 0.717) is 23.2 Å². The zero-order valence-electron chi connectivity index (χ0n) is 10.5. The lowest BCUT2D eigenvalue weighted by Crippen LogP contribution is -2.36. The number of imide groups is 1. The molecule has 96 valence electrons. The summed E-state index contributed by atoms with van der Waals surface area (Å²) in [5.74, 6) is 1.16. The van der Waals surface area contributed by atoms with Crippen LogP contribution >= 0.6 is 11.8 Å². The van der Waals surface area contributed by atoms with Gasteiger partial charge in [0.05, 0.1) is 11.6 Å². The summed E-state index contributed by atoms with van der Waals surface area (Å²) in [5.41, 5.74) is 1.94. The lowest BCUT2D eigenvalue weighted by atomic mass is 10.0. The Hall–Kier alpha value is -1.49. The van der Waals surface area contributed by atoms with E-state index in [1.54, 1.807) is 0 Å². The highest BCUT2D eigenvalue weighted by Gasteiger charge is 2.26. The molecule has 0 unspecified atom stereocenters. The first-order chi connectivity index (χ1) is 8.58. The summed E-state index contributed by atoms with van der Waals surface area (Å²) in [6, 6.07) is 7.35. The molecule has 1 aromatic rings. The summed E-state index contributed by atoms with van der Waals surface area (Å²) in [5, 5.41) is 2.73. The fourth-order valence-electron chi connectivity index (χ4n) is 1.69. The van der Waals surface area contributed by atoms with Gasteiger partial charge < -0.3 is 5.32 Å². The quantitative estimate of drug-likeness (QED) is 0.893. The number of thioether (sulfide) groups is 1. The van der Waals surface area contributed by atoms with Crippen LogP contribution in [0.25, 0.3) is 0 Å². The molecule has 1 heterocycles. The highest BCUT2D eigenvalue weighted by Crippen LogP contribution is 2.19. The maximum Gasteiger partial charge on any atom is 0.329 e. The van der Waals surface area contributed by atoms with Crippen LogP contribution in [0.4, 0.5) is 10.5 Å². The average molecular weight is 264 g/mol. The predicted molar refractivity (Wildman–Crippen MR) is 73.7 cm³/mol. The Bertz CT molecular complexity index is 457. The van der Waals surface area contributed by atoms with E-state index in [-0.39, 0.29) is 11.9 Å². The molecule has 0 saturated carbocycles. The number of benzene rings is 1. The summed E-state index contributed by atoms with van der Waals surface area (Å²) < 4.78 is 0. The number of nitrogens with zero attached hydrogens (tertiary/aromatic N) is 1. The van der Waals surface area contributed by atoms with Gasteiger partial charge in [-0.15, -0.1) is 11.8 Å². The smallest absolute Gasteiger partial charge is 0.307 e. The van der Waals surface area contributed by atoms with Crippen molar-refractivity contribution in [1.29, 1.82) is 0 Å². The zero-order chi connectivity index (χ0) is 13.1. The molecule has 0 aromatic heterocycles. The van der Waals surface area contributed by atoms with E-state index in [1.165, 1.54) is 22.2 Å². The molecule has 0 spiro atoms. The summed E-state index contributed by atoms with van der Waals surface area (Å²) in [6.07, 6.45) is 0. The van der Waals surface area contributed by atoms with Crippen LogP contribution in [0.1, 0.15) is 25.3 Å². The average Bonchev–Trinajstić information content (AvgIpc) is 2.76. The second-order valence-electron chi connectivity index (χ2n) is 4.51. The van der Waals surface area contributed by atoms with Crippen molar-refractivity contribution in [3.8, 4) is 0 Å². The van der Waals surface area contributed by atoms with Crippen LogP contribution < -0.4 is 5.32 Å². The van der Waals surface area contributed by atoms with Gasteiger partial charge in [-0.2, -0.15) is 0 Å². The van der Waals surface area contributed by atoms with Crippen LogP contribution in [0.2, 0.25) is 0 Å². The van der Waals surface area contributed by atoms with Crippen LogP contribution in [0.3, 0.4) is 0 Å². The van der Waals surface area contributed by atoms with Gasteiger partial charge >= 0.3 is 6.03 Å². The highest BCUT2D eigenvalue weighted by atomic mass is 32.2. The van der Waals surface area contributed by atoms with Crippen molar-refractivity contribution in [2.24, 2.45) is 0 Å². The SMILES string of the molecule is CC(C)c1ccc(NC(=O)N2CSCC2=O)cc1. The minimum atomic E-state index is -0.345. The highest BCUT2D eigenvalue weighted by molar-refractivity contribution is 8.00. The number of rotatable bonds is 2. The van der Waals surface area contributed by atoms with Gasteiger partial charge in [0.15, 0.2) is 0 Å². The predicted octanol–water partition coefficient (Wildman–Crippen LogP) is 2.87. The number of anilines is 1. The molecule has 1 N–H and O–H groups in total. The molecule has 5 heteroatoms.